The number of benzene rings is 1. The number of halogens is 3. The number of nitrogens with zero attached hydrogens (tertiary/aromatic N) is 2. The molecule has 0 aliphatic carbocycles. The third kappa shape index (κ3) is 2.59. The molecule has 1 aromatic heterocycles. The predicted molar refractivity (Wildman–Crippen MR) is 60.6 cm³/mol. The summed E-state index contributed by atoms with van der Waals surface area (Å²) < 4.78 is 39.3. The molecular formula is C12H9F3N2O2. The fraction of sp³-hybridized carbons (Fsp3) is 0.167. The molecular weight excluding hydrogens is 261 g/mol. The van der Waals surface area contributed by atoms with Crippen LogP contribution in [-0.2, 0) is 13.2 Å². The highest BCUT2D eigenvalue weighted by molar-refractivity contribution is 5.95. The van der Waals surface area contributed by atoms with Crippen LogP contribution in [0.5, 0.6) is 0 Å². The molecule has 100 valence electrons. The molecule has 19 heavy (non-hydrogen) atoms. The van der Waals surface area contributed by atoms with Crippen molar-refractivity contribution < 1.29 is 23.1 Å². The maximum atomic E-state index is 12.6. The van der Waals surface area contributed by atoms with E-state index in [0.717, 1.165) is 18.2 Å². The summed E-state index contributed by atoms with van der Waals surface area (Å²) in [6, 6.07) is 3.94. The number of aryl methyl sites for hydroxylation is 1. The first-order chi connectivity index (χ1) is 8.79. The summed E-state index contributed by atoms with van der Waals surface area (Å²) >= 11 is 0. The largest absolute Gasteiger partial charge is 0.478 e. The van der Waals surface area contributed by atoms with Crippen LogP contribution in [0.4, 0.5) is 13.2 Å². The van der Waals surface area contributed by atoms with Crippen LogP contribution in [0, 0.1) is 0 Å². The molecule has 0 amide bonds. The summed E-state index contributed by atoms with van der Waals surface area (Å²) in [4.78, 5) is 11.0. The number of hydrogen-bond acceptors (Lipinski definition) is 2. The van der Waals surface area contributed by atoms with Crippen LogP contribution >= 0.6 is 0 Å². The van der Waals surface area contributed by atoms with Gasteiger partial charge < -0.3 is 5.11 Å². The number of aromatic carboxylic acids is 1. The lowest BCUT2D eigenvalue weighted by Crippen LogP contribution is -2.08. The maximum Gasteiger partial charge on any atom is 0.416 e. The summed E-state index contributed by atoms with van der Waals surface area (Å²) in [5.41, 5.74) is -0.987. The van der Waals surface area contributed by atoms with E-state index in [9.17, 15) is 18.0 Å². The van der Waals surface area contributed by atoms with Crippen LogP contribution in [0.3, 0.4) is 0 Å². The van der Waals surface area contributed by atoms with E-state index in [2.05, 4.69) is 5.10 Å². The summed E-state index contributed by atoms with van der Waals surface area (Å²) in [6.45, 7) is 0. The molecule has 0 aliphatic heterocycles. The quantitative estimate of drug-likeness (QED) is 0.912. The SMILES string of the molecule is Cn1ccc(-c2cc(C(F)(F)F)ccc2C(=O)O)n1. The zero-order valence-corrected chi connectivity index (χ0v) is 9.77. The summed E-state index contributed by atoms with van der Waals surface area (Å²) in [5, 5.41) is 12.9. The van der Waals surface area contributed by atoms with Crippen molar-refractivity contribution in [2.45, 2.75) is 6.18 Å². The van der Waals surface area contributed by atoms with Crippen molar-refractivity contribution in [1.29, 1.82) is 0 Å². The molecule has 0 aliphatic rings. The second-order valence-electron chi connectivity index (χ2n) is 3.94. The Morgan fingerprint density at radius 1 is 1.32 bits per heavy atom. The topological polar surface area (TPSA) is 55.1 Å². The van der Waals surface area contributed by atoms with Gasteiger partial charge in [-0.2, -0.15) is 18.3 Å². The molecule has 0 atom stereocenters. The molecule has 0 bridgehead atoms. The van der Waals surface area contributed by atoms with Gasteiger partial charge in [0.2, 0.25) is 0 Å². The van der Waals surface area contributed by atoms with Crippen molar-refractivity contribution in [3.8, 4) is 11.3 Å². The lowest BCUT2D eigenvalue weighted by atomic mass is 10.0. The van der Waals surface area contributed by atoms with E-state index in [1.54, 1.807) is 7.05 Å². The highest BCUT2D eigenvalue weighted by Crippen LogP contribution is 2.33. The highest BCUT2D eigenvalue weighted by atomic mass is 19.4. The standard InChI is InChI=1S/C12H9F3N2O2/c1-17-5-4-10(16-17)9-6-7(12(13,14)15)2-3-8(9)11(18)19/h2-6H,1H3,(H,18,19). The molecule has 7 heteroatoms. The van der Waals surface area contributed by atoms with Gasteiger partial charge in [0.1, 0.15) is 0 Å². The fourth-order valence-electron chi connectivity index (χ4n) is 1.68. The average Bonchev–Trinajstić information content (AvgIpc) is 2.73. The van der Waals surface area contributed by atoms with Gasteiger partial charge in [-0.1, -0.05) is 0 Å². The number of hydrogen-bond donors (Lipinski definition) is 1. The van der Waals surface area contributed by atoms with Gasteiger partial charge in [0, 0.05) is 18.8 Å². The van der Waals surface area contributed by atoms with E-state index in [-0.39, 0.29) is 16.8 Å². The smallest absolute Gasteiger partial charge is 0.416 e. The number of aromatic nitrogens is 2. The number of carboxylic acid groups (broad SMARTS) is 1. The van der Waals surface area contributed by atoms with Crippen molar-refractivity contribution in [1.82, 2.24) is 9.78 Å². The highest BCUT2D eigenvalue weighted by Gasteiger charge is 2.31. The van der Waals surface area contributed by atoms with Gasteiger partial charge in [0.05, 0.1) is 16.8 Å². The first kappa shape index (κ1) is 13.1. The molecule has 0 fully saturated rings. The van der Waals surface area contributed by atoms with Gasteiger partial charge in [0.15, 0.2) is 0 Å². The van der Waals surface area contributed by atoms with E-state index in [1.165, 1.54) is 16.9 Å². The zero-order chi connectivity index (χ0) is 14.2. The van der Waals surface area contributed by atoms with Gasteiger partial charge in [0.25, 0.3) is 0 Å². The van der Waals surface area contributed by atoms with Crippen LogP contribution in [0.25, 0.3) is 11.3 Å². The van der Waals surface area contributed by atoms with Gasteiger partial charge in [-0.25, -0.2) is 4.79 Å². The van der Waals surface area contributed by atoms with E-state index in [0.29, 0.717) is 0 Å². The number of carbonyl (C=O) groups is 1. The Morgan fingerprint density at radius 2 is 2.00 bits per heavy atom. The van der Waals surface area contributed by atoms with Crippen LogP contribution in [0.2, 0.25) is 0 Å². The van der Waals surface area contributed by atoms with Gasteiger partial charge >= 0.3 is 12.1 Å². The van der Waals surface area contributed by atoms with E-state index >= 15 is 0 Å². The Balaban J connectivity index is 2.64. The molecule has 2 aromatic rings. The van der Waals surface area contributed by atoms with E-state index < -0.39 is 17.7 Å². The molecule has 0 spiro atoms. The van der Waals surface area contributed by atoms with Gasteiger partial charge in [-0.15, -0.1) is 0 Å². The second-order valence-corrected chi connectivity index (χ2v) is 3.94. The van der Waals surface area contributed by atoms with Crippen LogP contribution < -0.4 is 0 Å². The van der Waals surface area contributed by atoms with Crippen molar-refractivity contribution in [3.05, 3.63) is 41.6 Å². The van der Waals surface area contributed by atoms with Crippen molar-refractivity contribution in [2.75, 3.05) is 0 Å². The van der Waals surface area contributed by atoms with Crippen molar-refractivity contribution in [2.24, 2.45) is 7.05 Å². The number of rotatable bonds is 2. The fourth-order valence-corrected chi connectivity index (χ4v) is 1.68. The molecule has 0 radical (unpaired) electrons. The minimum absolute atomic E-state index is 0.0528. The van der Waals surface area contributed by atoms with Gasteiger partial charge in [-0.3, -0.25) is 4.68 Å². The Bertz CT molecular complexity index is 632. The van der Waals surface area contributed by atoms with Crippen LogP contribution in [-0.4, -0.2) is 20.9 Å². The Hall–Kier alpha value is -2.31. The summed E-state index contributed by atoms with van der Waals surface area (Å²) in [6.07, 6.45) is -3.00. The average molecular weight is 270 g/mol. The molecule has 1 heterocycles. The second kappa shape index (κ2) is 4.42. The minimum Gasteiger partial charge on any atom is -0.478 e. The summed E-state index contributed by atoms with van der Waals surface area (Å²) in [7, 11) is 1.59. The molecule has 0 unspecified atom stereocenters. The van der Waals surface area contributed by atoms with Crippen LogP contribution in [0.15, 0.2) is 30.5 Å². The van der Waals surface area contributed by atoms with Crippen molar-refractivity contribution >= 4 is 5.97 Å². The molecule has 2 rings (SSSR count). The van der Waals surface area contributed by atoms with E-state index in [1.807, 2.05) is 0 Å². The molecule has 0 saturated carbocycles. The summed E-state index contributed by atoms with van der Waals surface area (Å²) in [5.74, 6) is -1.30. The monoisotopic (exact) mass is 270 g/mol. The third-order valence-corrected chi connectivity index (χ3v) is 2.57. The zero-order valence-electron chi connectivity index (χ0n) is 9.77. The lowest BCUT2D eigenvalue weighted by Gasteiger charge is -2.10. The van der Waals surface area contributed by atoms with Crippen LogP contribution in [0.1, 0.15) is 15.9 Å². The molecule has 1 aromatic carbocycles. The third-order valence-electron chi connectivity index (χ3n) is 2.57. The van der Waals surface area contributed by atoms with E-state index in [4.69, 9.17) is 5.11 Å². The molecule has 4 nitrogen and oxygen atoms in total. The normalized spacial score (nSPS) is 11.6. The molecule has 1 N–H and O–H groups in total. The number of carboxylic acids is 1. The first-order valence-corrected chi connectivity index (χ1v) is 5.23. The van der Waals surface area contributed by atoms with Gasteiger partial charge in [-0.05, 0) is 24.3 Å². The Morgan fingerprint density at radius 3 is 2.47 bits per heavy atom. The predicted octanol–water partition coefficient (Wildman–Crippen LogP) is 2.80. The minimum atomic E-state index is -4.53. The Kier molecular flexibility index (Phi) is 3.05. The Labute approximate surface area is 106 Å². The first-order valence-electron chi connectivity index (χ1n) is 5.23. The number of alkyl halides is 3. The molecule has 0 saturated heterocycles. The lowest BCUT2D eigenvalue weighted by molar-refractivity contribution is -0.137. The van der Waals surface area contributed by atoms with Crippen molar-refractivity contribution in [3.63, 3.8) is 0 Å². The maximum absolute atomic E-state index is 12.6.